The van der Waals surface area contributed by atoms with Gasteiger partial charge in [0.15, 0.2) is 5.78 Å². The predicted octanol–water partition coefficient (Wildman–Crippen LogP) is 1.70. The lowest BCUT2D eigenvalue weighted by atomic mass is 10.1. The van der Waals surface area contributed by atoms with Gasteiger partial charge in [-0.15, -0.1) is 0 Å². The number of ether oxygens (including phenoxy) is 1. The van der Waals surface area contributed by atoms with Crippen molar-refractivity contribution in [3.63, 3.8) is 0 Å². The molecule has 1 radical (unpaired) electrons. The summed E-state index contributed by atoms with van der Waals surface area (Å²) in [4.78, 5) is 10.8. The summed E-state index contributed by atoms with van der Waals surface area (Å²) in [7, 11) is 1.57. The molecule has 0 heterocycles. The number of Topliss-reactive ketones (excluding diaryl/α,β-unsaturated/α-hetero) is 1. The second kappa shape index (κ2) is 3.19. The minimum atomic E-state index is 0.0453. The van der Waals surface area contributed by atoms with Crippen molar-refractivity contribution < 1.29 is 9.53 Å². The van der Waals surface area contributed by atoms with Gasteiger partial charge in [0.1, 0.15) is 5.75 Å². The van der Waals surface area contributed by atoms with Crippen LogP contribution in [0.1, 0.15) is 17.3 Å². The van der Waals surface area contributed by atoms with Crippen molar-refractivity contribution in [1.29, 1.82) is 0 Å². The van der Waals surface area contributed by atoms with Crippen molar-refractivity contribution in [2.24, 2.45) is 0 Å². The zero-order chi connectivity index (χ0) is 8.27. The van der Waals surface area contributed by atoms with Gasteiger partial charge in [-0.25, -0.2) is 0 Å². The first kappa shape index (κ1) is 7.79. The summed E-state index contributed by atoms with van der Waals surface area (Å²) in [5, 5.41) is 0. The second-order valence-electron chi connectivity index (χ2n) is 2.20. The van der Waals surface area contributed by atoms with Crippen molar-refractivity contribution in [2.75, 3.05) is 7.11 Å². The Morgan fingerprint density at radius 3 is 2.64 bits per heavy atom. The van der Waals surface area contributed by atoms with Gasteiger partial charge < -0.3 is 4.74 Å². The van der Waals surface area contributed by atoms with Gasteiger partial charge in [0.05, 0.1) is 7.11 Å². The van der Waals surface area contributed by atoms with Crippen LogP contribution in [-0.4, -0.2) is 12.9 Å². The third kappa shape index (κ3) is 1.80. The monoisotopic (exact) mass is 149 g/mol. The van der Waals surface area contributed by atoms with Crippen molar-refractivity contribution in [3.8, 4) is 5.75 Å². The maximum Gasteiger partial charge on any atom is 0.159 e. The van der Waals surface area contributed by atoms with Crippen LogP contribution in [0.5, 0.6) is 5.75 Å². The average Bonchev–Trinajstić information content (AvgIpc) is 2.05. The molecule has 0 amide bonds. The van der Waals surface area contributed by atoms with Crippen LogP contribution < -0.4 is 4.74 Å². The molecule has 0 spiro atoms. The molecule has 2 nitrogen and oxygen atoms in total. The zero-order valence-electron chi connectivity index (χ0n) is 6.55. The van der Waals surface area contributed by atoms with E-state index in [1.807, 2.05) is 0 Å². The summed E-state index contributed by atoms with van der Waals surface area (Å²) < 4.78 is 4.88. The fourth-order valence-electron chi connectivity index (χ4n) is 0.757. The highest BCUT2D eigenvalue weighted by molar-refractivity contribution is 5.94. The number of rotatable bonds is 2. The summed E-state index contributed by atoms with van der Waals surface area (Å²) in [6.07, 6.45) is 0. The van der Waals surface area contributed by atoms with Gasteiger partial charge in [0, 0.05) is 11.6 Å². The summed E-state index contributed by atoms with van der Waals surface area (Å²) in [6.45, 7) is 1.52. The van der Waals surface area contributed by atoms with E-state index in [1.54, 1.807) is 25.3 Å². The Labute approximate surface area is 65.8 Å². The lowest BCUT2D eigenvalue weighted by molar-refractivity contribution is 0.101. The van der Waals surface area contributed by atoms with E-state index < -0.39 is 0 Å². The molecular formula is C9H9O2. The van der Waals surface area contributed by atoms with E-state index in [1.165, 1.54) is 6.92 Å². The number of hydrogen-bond acceptors (Lipinski definition) is 2. The van der Waals surface area contributed by atoms with Crippen LogP contribution in [0.2, 0.25) is 0 Å². The van der Waals surface area contributed by atoms with Gasteiger partial charge in [-0.3, -0.25) is 4.79 Å². The molecule has 0 bridgehead atoms. The summed E-state index contributed by atoms with van der Waals surface area (Å²) in [5.41, 5.74) is 0.658. The van der Waals surface area contributed by atoms with Crippen LogP contribution in [0.15, 0.2) is 18.2 Å². The van der Waals surface area contributed by atoms with Crippen molar-refractivity contribution in [3.05, 3.63) is 29.8 Å². The van der Waals surface area contributed by atoms with Gasteiger partial charge in [-0.1, -0.05) is 0 Å². The number of hydrogen-bond donors (Lipinski definition) is 0. The number of benzene rings is 1. The molecule has 57 valence electrons. The Kier molecular flexibility index (Phi) is 2.26. The molecule has 1 rings (SSSR count). The molecule has 1 aromatic rings. The van der Waals surface area contributed by atoms with E-state index in [-0.39, 0.29) is 5.78 Å². The maximum absolute atomic E-state index is 10.8. The molecule has 0 aliphatic rings. The highest BCUT2D eigenvalue weighted by Gasteiger charge is 1.97. The number of carbonyl (C=O) groups is 1. The smallest absolute Gasteiger partial charge is 0.159 e. The summed E-state index contributed by atoms with van der Waals surface area (Å²) in [6, 6.07) is 7.89. The van der Waals surface area contributed by atoms with Crippen LogP contribution >= 0.6 is 0 Å². The maximum atomic E-state index is 10.8. The number of carbonyl (C=O) groups excluding carboxylic acids is 1. The molecular weight excluding hydrogens is 140 g/mol. The summed E-state index contributed by atoms with van der Waals surface area (Å²) >= 11 is 0. The first-order chi connectivity index (χ1) is 5.24. The molecule has 0 fully saturated rings. The molecule has 0 atom stereocenters. The second-order valence-corrected chi connectivity index (χ2v) is 2.20. The first-order valence-electron chi connectivity index (χ1n) is 3.30. The minimum absolute atomic E-state index is 0.0453. The Morgan fingerprint density at radius 1 is 1.55 bits per heavy atom. The van der Waals surface area contributed by atoms with Crippen LogP contribution in [0.25, 0.3) is 0 Å². The molecule has 0 saturated carbocycles. The van der Waals surface area contributed by atoms with E-state index in [0.29, 0.717) is 11.3 Å². The number of methoxy groups -OCH3 is 1. The quantitative estimate of drug-likeness (QED) is 0.598. The summed E-state index contributed by atoms with van der Waals surface area (Å²) in [5.74, 6) is 0.693. The zero-order valence-corrected chi connectivity index (χ0v) is 6.55. The topological polar surface area (TPSA) is 26.3 Å². The predicted molar refractivity (Wildman–Crippen MR) is 41.8 cm³/mol. The molecule has 0 aliphatic heterocycles. The Balaban J connectivity index is 2.91. The molecule has 2 heteroatoms. The fraction of sp³-hybridized carbons (Fsp3) is 0.222. The third-order valence-corrected chi connectivity index (χ3v) is 1.41. The SMILES string of the molecule is COc1[c]cc(C(C)=O)cc1. The molecule has 0 aliphatic carbocycles. The lowest BCUT2D eigenvalue weighted by Gasteiger charge is -1.98. The van der Waals surface area contributed by atoms with Crippen molar-refractivity contribution in [2.45, 2.75) is 6.92 Å². The van der Waals surface area contributed by atoms with E-state index >= 15 is 0 Å². The van der Waals surface area contributed by atoms with Gasteiger partial charge >= 0.3 is 0 Å². The Morgan fingerprint density at radius 2 is 2.27 bits per heavy atom. The van der Waals surface area contributed by atoms with Gasteiger partial charge in [0.2, 0.25) is 0 Å². The van der Waals surface area contributed by atoms with Crippen molar-refractivity contribution in [1.82, 2.24) is 0 Å². The van der Waals surface area contributed by atoms with Crippen LogP contribution in [0.4, 0.5) is 0 Å². The van der Waals surface area contributed by atoms with E-state index in [4.69, 9.17) is 4.74 Å². The molecule has 11 heavy (non-hydrogen) atoms. The van der Waals surface area contributed by atoms with Gasteiger partial charge in [-0.2, -0.15) is 0 Å². The van der Waals surface area contributed by atoms with Gasteiger partial charge in [-0.05, 0) is 25.1 Å². The number of ketones is 1. The molecule has 0 unspecified atom stereocenters. The minimum Gasteiger partial charge on any atom is -0.496 e. The Hall–Kier alpha value is -1.31. The standard InChI is InChI=1S/C9H9O2/c1-7(10)8-3-5-9(11-2)6-4-8/h3-5H,1-2H3. The molecule has 0 saturated heterocycles. The first-order valence-corrected chi connectivity index (χ1v) is 3.30. The normalized spacial score (nSPS) is 9.27. The fourth-order valence-corrected chi connectivity index (χ4v) is 0.757. The van der Waals surface area contributed by atoms with Crippen LogP contribution in [-0.2, 0) is 0 Å². The van der Waals surface area contributed by atoms with Gasteiger partial charge in [0.25, 0.3) is 0 Å². The molecule has 1 aromatic carbocycles. The highest BCUT2D eigenvalue weighted by atomic mass is 16.5. The largest absolute Gasteiger partial charge is 0.496 e. The van der Waals surface area contributed by atoms with E-state index in [2.05, 4.69) is 6.07 Å². The van der Waals surface area contributed by atoms with Crippen LogP contribution in [0, 0.1) is 6.07 Å². The average molecular weight is 149 g/mol. The Bertz CT molecular complexity index is 249. The molecule has 0 aromatic heterocycles. The molecule has 0 N–H and O–H groups in total. The highest BCUT2D eigenvalue weighted by Crippen LogP contribution is 2.10. The van der Waals surface area contributed by atoms with Crippen molar-refractivity contribution >= 4 is 5.78 Å². The van der Waals surface area contributed by atoms with E-state index in [9.17, 15) is 4.79 Å². The lowest BCUT2D eigenvalue weighted by Crippen LogP contribution is -1.91. The van der Waals surface area contributed by atoms with E-state index in [0.717, 1.165) is 0 Å². The van der Waals surface area contributed by atoms with Crippen LogP contribution in [0.3, 0.4) is 0 Å². The third-order valence-electron chi connectivity index (χ3n) is 1.41.